The fourth-order valence-electron chi connectivity index (χ4n) is 3.59. The summed E-state index contributed by atoms with van der Waals surface area (Å²) in [4.78, 5) is 24.2. The third-order valence-electron chi connectivity index (χ3n) is 5.08. The van der Waals surface area contributed by atoms with Crippen LogP contribution >= 0.6 is 0 Å². The summed E-state index contributed by atoms with van der Waals surface area (Å²) < 4.78 is 0. The third-order valence-corrected chi connectivity index (χ3v) is 5.08. The van der Waals surface area contributed by atoms with Gasteiger partial charge in [-0.15, -0.1) is 0 Å². The Hall–Kier alpha value is -2.66. The van der Waals surface area contributed by atoms with Crippen LogP contribution in [0.2, 0.25) is 0 Å². The Kier molecular flexibility index (Phi) is 6.60. The number of benzene rings is 2. The molecule has 1 aliphatic carbocycles. The van der Waals surface area contributed by atoms with Gasteiger partial charge in [-0.3, -0.25) is 10.1 Å². The van der Waals surface area contributed by atoms with Crippen LogP contribution in [0.1, 0.15) is 48.4 Å². The molecule has 2 aromatic carbocycles. The molecule has 2 aromatic rings. The van der Waals surface area contributed by atoms with Crippen LogP contribution < -0.4 is 16.0 Å². The van der Waals surface area contributed by atoms with Gasteiger partial charge >= 0.3 is 6.03 Å². The number of nitrogens with two attached hydrogens (primary N) is 1. The smallest absolute Gasteiger partial charge is 0.321 e. The van der Waals surface area contributed by atoms with Gasteiger partial charge in [0.05, 0.1) is 0 Å². The second-order valence-electron chi connectivity index (χ2n) is 7.24. The molecule has 0 spiro atoms. The van der Waals surface area contributed by atoms with Gasteiger partial charge in [-0.05, 0) is 19.8 Å². The summed E-state index contributed by atoms with van der Waals surface area (Å²) in [6.07, 6.45) is 4.28. The first-order chi connectivity index (χ1) is 13.1. The topological polar surface area (TPSA) is 74.8 Å². The van der Waals surface area contributed by atoms with Gasteiger partial charge in [-0.1, -0.05) is 73.0 Å². The zero-order chi connectivity index (χ0) is 19.1. The number of rotatable bonds is 6. The number of urea groups is 1. The van der Waals surface area contributed by atoms with E-state index in [1.54, 1.807) is 0 Å². The zero-order valence-electron chi connectivity index (χ0n) is 15.8. The molecule has 5 nitrogen and oxygen atoms in total. The van der Waals surface area contributed by atoms with Crippen LogP contribution in [-0.4, -0.2) is 24.5 Å². The molecule has 0 aliphatic heterocycles. The van der Waals surface area contributed by atoms with E-state index in [1.165, 1.54) is 5.56 Å². The minimum atomic E-state index is -0.383. The van der Waals surface area contributed by atoms with Crippen molar-refractivity contribution in [2.45, 2.75) is 44.7 Å². The molecule has 3 amide bonds. The zero-order valence-corrected chi connectivity index (χ0v) is 15.8. The average Bonchev–Trinajstić information content (AvgIpc) is 3.17. The number of aryl methyl sites for hydroxylation is 1. The molecule has 4 N–H and O–H groups in total. The molecular weight excluding hydrogens is 338 g/mol. The quantitative estimate of drug-likeness (QED) is 0.734. The highest BCUT2D eigenvalue weighted by atomic mass is 16.2. The maximum Gasteiger partial charge on any atom is 0.321 e. The van der Waals surface area contributed by atoms with Crippen molar-refractivity contribution in [3.05, 3.63) is 71.3 Å². The lowest BCUT2D eigenvalue weighted by Crippen LogP contribution is -2.88. The molecule has 0 unspecified atom stereocenters. The first-order valence-electron chi connectivity index (χ1n) is 9.67. The molecule has 5 heteroatoms. The van der Waals surface area contributed by atoms with E-state index in [-0.39, 0.29) is 30.6 Å². The maximum absolute atomic E-state index is 12.2. The van der Waals surface area contributed by atoms with Gasteiger partial charge in [0.2, 0.25) is 0 Å². The van der Waals surface area contributed by atoms with Gasteiger partial charge in [0.15, 0.2) is 6.54 Å². The first-order valence-corrected chi connectivity index (χ1v) is 9.67. The van der Waals surface area contributed by atoms with Crippen molar-refractivity contribution in [2.75, 3.05) is 6.54 Å². The van der Waals surface area contributed by atoms with E-state index >= 15 is 0 Å². The molecule has 0 heterocycles. The second-order valence-corrected chi connectivity index (χ2v) is 7.24. The number of carbonyl (C=O) groups is 2. The number of hydrogen-bond donors (Lipinski definition) is 3. The van der Waals surface area contributed by atoms with Crippen LogP contribution in [0.5, 0.6) is 0 Å². The molecule has 142 valence electrons. The fraction of sp³-hybridized carbons (Fsp3) is 0.364. The molecule has 1 aliphatic rings. The Bertz CT molecular complexity index is 753. The predicted molar refractivity (Wildman–Crippen MR) is 105 cm³/mol. The molecule has 1 fully saturated rings. The van der Waals surface area contributed by atoms with Gasteiger partial charge in [0.25, 0.3) is 5.91 Å². The number of quaternary nitrogens is 1. The van der Waals surface area contributed by atoms with Crippen molar-refractivity contribution in [3.8, 4) is 0 Å². The first kappa shape index (κ1) is 19.1. The van der Waals surface area contributed by atoms with E-state index in [0.717, 1.165) is 36.8 Å². The molecule has 0 radical (unpaired) electrons. The monoisotopic (exact) mass is 366 g/mol. The predicted octanol–water partition coefficient (Wildman–Crippen LogP) is 2.42. The Labute approximate surface area is 160 Å². The van der Waals surface area contributed by atoms with Crippen LogP contribution in [0.4, 0.5) is 4.79 Å². The summed E-state index contributed by atoms with van der Waals surface area (Å²) in [5.74, 6) is -0.279. The lowest BCUT2D eigenvalue weighted by atomic mass is 9.98. The maximum atomic E-state index is 12.2. The highest BCUT2D eigenvalue weighted by molar-refractivity contribution is 5.94. The van der Waals surface area contributed by atoms with E-state index < -0.39 is 0 Å². The standard InChI is InChI=1S/C22H27N3O2/c1-16-11-13-18(14-12-16)21(17-7-3-2-4-8-17)23-15-20(26)25-22(27)24-19-9-5-6-10-19/h2-4,7-8,11-14,19,21,23H,5-6,9-10,15H2,1H3,(H2,24,25,26,27)/p+1/t21-/m0/s1. The molecular formula is C22H28N3O2+. The van der Waals surface area contributed by atoms with Crippen LogP contribution in [-0.2, 0) is 4.79 Å². The lowest BCUT2D eigenvalue weighted by Gasteiger charge is -2.17. The molecule has 1 atom stereocenters. The van der Waals surface area contributed by atoms with Gasteiger partial charge in [-0.25, -0.2) is 4.79 Å². The number of hydrogen-bond acceptors (Lipinski definition) is 2. The highest BCUT2D eigenvalue weighted by Crippen LogP contribution is 2.19. The van der Waals surface area contributed by atoms with Gasteiger partial charge in [0, 0.05) is 17.2 Å². The second kappa shape index (κ2) is 9.33. The minimum Gasteiger partial charge on any atom is -0.335 e. The van der Waals surface area contributed by atoms with Gasteiger partial charge < -0.3 is 10.6 Å². The van der Waals surface area contributed by atoms with Gasteiger partial charge in [0.1, 0.15) is 6.04 Å². The molecule has 3 rings (SSSR count). The number of carbonyl (C=O) groups excluding carboxylic acids is 2. The Morgan fingerprint density at radius 1 is 1.00 bits per heavy atom. The molecule has 0 aromatic heterocycles. The molecule has 27 heavy (non-hydrogen) atoms. The molecule has 0 bridgehead atoms. The number of nitrogens with one attached hydrogen (secondary N) is 2. The van der Waals surface area contributed by atoms with E-state index in [1.807, 2.05) is 23.5 Å². The summed E-state index contributed by atoms with van der Waals surface area (Å²) in [6.45, 7) is 2.24. The lowest BCUT2D eigenvalue weighted by molar-refractivity contribution is -0.676. The summed E-state index contributed by atoms with van der Waals surface area (Å²) in [5, 5.41) is 7.31. The van der Waals surface area contributed by atoms with Crippen molar-refractivity contribution >= 4 is 11.9 Å². The number of imide groups is 1. The van der Waals surface area contributed by atoms with E-state index in [2.05, 4.69) is 54.0 Å². The van der Waals surface area contributed by atoms with E-state index in [4.69, 9.17) is 0 Å². The third kappa shape index (κ3) is 5.66. The van der Waals surface area contributed by atoms with Crippen molar-refractivity contribution in [1.82, 2.24) is 10.6 Å². The molecule has 1 saturated carbocycles. The van der Waals surface area contributed by atoms with Gasteiger partial charge in [-0.2, -0.15) is 0 Å². The highest BCUT2D eigenvalue weighted by Gasteiger charge is 2.21. The number of amides is 3. The summed E-state index contributed by atoms with van der Waals surface area (Å²) >= 11 is 0. The van der Waals surface area contributed by atoms with Crippen LogP contribution in [0.15, 0.2) is 54.6 Å². The Morgan fingerprint density at radius 2 is 1.63 bits per heavy atom. The fourth-order valence-corrected chi connectivity index (χ4v) is 3.59. The SMILES string of the molecule is Cc1ccc([C@@H]([NH2+]CC(=O)NC(=O)NC2CCCC2)c2ccccc2)cc1. The van der Waals surface area contributed by atoms with E-state index in [0.29, 0.717) is 0 Å². The van der Waals surface area contributed by atoms with Crippen LogP contribution in [0.3, 0.4) is 0 Å². The summed E-state index contributed by atoms with van der Waals surface area (Å²) in [6, 6.07) is 18.3. The Balaban J connectivity index is 1.59. The van der Waals surface area contributed by atoms with Crippen molar-refractivity contribution in [3.63, 3.8) is 0 Å². The largest absolute Gasteiger partial charge is 0.335 e. The van der Waals surface area contributed by atoms with Crippen molar-refractivity contribution in [1.29, 1.82) is 0 Å². The van der Waals surface area contributed by atoms with Crippen LogP contribution in [0, 0.1) is 6.92 Å². The minimum absolute atomic E-state index is 0.00967. The summed E-state index contributed by atoms with van der Waals surface area (Å²) in [7, 11) is 0. The summed E-state index contributed by atoms with van der Waals surface area (Å²) in [5.41, 5.74) is 3.46. The average molecular weight is 366 g/mol. The van der Waals surface area contributed by atoms with Crippen molar-refractivity contribution in [2.24, 2.45) is 0 Å². The van der Waals surface area contributed by atoms with Crippen LogP contribution in [0.25, 0.3) is 0 Å². The molecule has 0 saturated heterocycles. The Morgan fingerprint density at radius 3 is 2.30 bits per heavy atom. The van der Waals surface area contributed by atoms with E-state index in [9.17, 15) is 9.59 Å². The normalized spacial score (nSPS) is 15.3. The van der Waals surface area contributed by atoms with Crippen molar-refractivity contribution < 1.29 is 14.9 Å².